The number of aliphatic hydroxyl groups excluding tert-OH is 1. The third-order valence-electron chi connectivity index (χ3n) is 0.840. The Morgan fingerprint density at radius 1 is 1.50 bits per heavy atom. The van der Waals surface area contributed by atoms with Gasteiger partial charge in [-0.05, 0) is 12.8 Å². The summed E-state index contributed by atoms with van der Waals surface area (Å²) in [5.74, 6) is 0.723. The fourth-order valence-corrected chi connectivity index (χ4v) is 1.03. The van der Waals surface area contributed by atoms with Gasteiger partial charge in [0.05, 0.1) is 0 Å². The van der Waals surface area contributed by atoms with Crippen molar-refractivity contribution in [1.82, 2.24) is 0 Å². The van der Waals surface area contributed by atoms with E-state index >= 15 is 0 Å². The van der Waals surface area contributed by atoms with Crippen molar-refractivity contribution in [3.63, 3.8) is 0 Å². The molecule has 0 aromatic carbocycles. The summed E-state index contributed by atoms with van der Waals surface area (Å²) >= 11 is 0. The van der Waals surface area contributed by atoms with Crippen LogP contribution >= 0.6 is 0 Å². The first-order valence-electron chi connectivity index (χ1n) is 2.68. The smallest absolute Gasteiger partial charge is 0.0431 e. The van der Waals surface area contributed by atoms with Crippen LogP contribution in [0.5, 0.6) is 0 Å². The van der Waals surface area contributed by atoms with Gasteiger partial charge in [-0.3, -0.25) is 4.21 Å². The molecule has 0 aliphatic carbocycles. The molecule has 0 aromatic rings. The van der Waals surface area contributed by atoms with Crippen LogP contribution in [0.3, 0.4) is 0 Å². The van der Waals surface area contributed by atoms with Gasteiger partial charge in [0.2, 0.25) is 0 Å². The molecule has 50 valence electrons. The van der Waals surface area contributed by atoms with E-state index in [0.29, 0.717) is 0 Å². The highest BCUT2D eigenvalue weighted by Crippen LogP contribution is 1.87. The summed E-state index contributed by atoms with van der Waals surface area (Å²) in [7, 11) is -0.678. The Morgan fingerprint density at radius 2 is 2.12 bits per heavy atom. The van der Waals surface area contributed by atoms with Crippen molar-refractivity contribution in [2.75, 3.05) is 18.6 Å². The monoisotopic (exact) mass is 136 g/mol. The van der Waals surface area contributed by atoms with Gasteiger partial charge in [-0.1, -0.05) is 0 Å². The molecule has 0 saturated carbocycles. The van der Waals surface area contributed by atoms with Crippen LogP contribution in [0.15, 0.2) is 0 Å². The van der Waals surface area contributed by atoms with E-state index in [-0.39, 0.29) is 6.61 Å². The number of aliphatic hydroxyl groups is 1. The zero-order valence-corrected chi connectivity index (χ0v) is 5.91. The van der Waals surface area contributed by atoms with E-state index in [4.69, 9.17) is 5.11 Å². The fourth-order valence-electron chi connectivity index (χ4n) is 0.417. The standard InChI is InChI=1S/C5H12O2S/c1-8(7)5-3-2-4-6/h6H,2-5H2,1H3/t8-/m1/s1. The van der Waals surface area contributed by atoms with Gasteiger partial charge >= 0.3 is 0 Å². The van der Waals surface area contributed by atoms with E-state index in [0.717, 1.165) is 18.6 Å². The summed E-state index contributed by atoms with van der Waals surface area (Å²) in [6, 6.07) is 0. The highest BCUT2D eigenvalue weighted by molar-refractivity contribution is 7.84. The van der Waals surface area contributed by atoms with Crippen LogP contribution in [0, 0.1) is 0 Å². The second kappa shape index (κ2) is 5.25. The van der Waals surface area contributed by atoms with Gasteiger partial charge in [-0.2, -0.15) is 0 Å². The van der Waals surface area contributed by atoms with Crippen LogP contribution in [-0.4, -0.2) is 27.9 Å². The molecule has 0 heterocycles. The van der Waals surface area contributed by atoms with Crippen molar-refractivity contribution in [2.45, 2.75) is 12.8 Å². The summed E-state index contributed by atoms with van der Waals surface area (Å²) in [6.45, 7) is 0.219. The van der Waals surface area contributed by atoms with Crippen LogP contribution in [0.4, 0.5) is 0 Å². The molecule has 0 radical (unpaired) electrons. The number of hydrogen-bond acceptors (Lipinski definition) is 2. The SMILES string of the molecule is C[S@@](=O)CCCCO. The molecule has 2 nitrogen and oxygen atoms in total. The molecule has 0 aliphatic rings. The second-order valence-electron chi connectivity index (χ2n) is 1.71. The van der Waals surface area contributed by atoms with E-state index < -0.39 is 10.8 Å². The molecule has 0 aliphatic heterocycles. The second-order valence-corrected chi connectivity index (χ2v) is 3.26. The van der Waals surface area contributed by atoms with E-state index in [1.54, 1.807) is 6.26 Å². The highest BCUT2D eigenvalue weighted by Gasteiger charge is 1.88. The zero-order valence-electron chi connectivity index (χ0n) is 5.09. The molecule has 0 unspecified atom stereocenters. The largest absolute Gasteiger partial charge is 0.396 e. The average molecular weight is 136 g/mol. The van der Waals surface area contributed by atoms with Gasteiger partial charge in [0.25, 0.3) is 0 Å². The summed E-state index contributed by atoms with van der Waals surface area (Å²) < 4.78 is 10.3. The lowest BCUT2D eigenvalue weighted by atomic mass is 10.4. The minimum absolute atomic E-state index is 0.219. The molecule has 0 spiro atoms. The normalized spacial score (nSPS) is 13.8. The molecular formula is C5H12O2S. The van der Waals surface area contributed by atoms with Crippen LogP contribution in [0.1, 0.15) is 12.8 Å². The Labute approximate surface area is 52.4 Å². The first kappa shape index (κ1) is 8.11. The zero-order chi connectivity index (χ0) is 6.41. The predicted octanol–water partition coefficient (Wildman–Crippen LogP) is 0.137. The molecule has 0 fully saturated rings. The summed E-state index contributed by atoms with van der Waals surface area (Å²) in [4.78, 5) is 0. The summed E-state index contributed by atoms with van der Waals surface area (Å²) in [5, 5.41) is 8.28. The van der Waals surface area contributed by atoms with Crippen molar-refractivity contribution < 1.29 is 9.32 Å². The van der Waals surface area contributed by atoms with Crippen molar-refractivity contribution in [3.05, 3.63) is 0 Å². The van der Waals surface area contributed by atoms with Gasteiger partial charge < -0.3 is 5.11 Å². The lowest BCUT2D eigenvalue weighted by Gasteiger charge is -1.91. The first-order chi connectivity index (χ1) is 3.77. The van der Waals surface area contributed by atoms with Crippen LogP contribution in [0.25, 0.3) is 0 Å². The van der Waals surface area contributed by atoms with Gasteiger partial charge in [-0.15, -0.1) is 0 Å². The Bertz CT molecular complexity index is 72.8. The topological polar surface area (TPSA) is 37.3 Å². The Kier molecular flexibility index (Phi) is 5.32. The van der Waals surface area contributed by atoms with Gasteiger partial charge in [-0.25, -0.2) is 0 Å². The van der Waals surface area contributed by atoms with Crippen LogP contribution < -0.4 is 0 Å². The number of rotatable bonds is 4. The predicted molar refractivity (Wildman–Crippen MR) is 35.3 cm³/mol. The molecule has 0 aromatic heterocycles. The molecule has 8 heavy (non-hydrogen) atoms. The molecule has 1 atom stereocenters. The molecule has 3 heteroatoms. The highest BCUT2D eigenvalue weighted by atomic mass is 32.2. The Morgan fingerprint density at radius 3 is 2.50 bits per heavy atom. The lowest BCUT2D eigenvalue weighted by Crippen LogP contribution is -1.94. The van der Waals surface area contributed by atoms with E-state index in [9.17, 15) is 4.21 Å². The first-order valence-corrected chi connectivity index (χ1v) is 4.41. The Balaban J connectivity index is 2.82. The minimum atomic E-state index is -0.678. The van der Waals surface area contributed by atoms with Gasteiger partial charge in [0.15, 0.2) is 0 Å². The van der Waals surface area contributed by atoms with Crippen molar-refractivity contribution in [1.29, 1.82) is 0 Å². The van der Waals surface area contributed by atoms with Crippen molar-refractivity contribution in [2.24, 2.45) is 0 Å². The lowest BCUT2D eigenvalue weighted by molar-refractivity contribution is 0.287. The van der Waals surface area contributed by atoms with E-state index in [2.05, 4.69) is 0 Å². The Hall–Kier alpha value is 0.110. The molecule has 0 amide bonds. The fraction of sp³-hybridized carbons (Fsp3) is 1.00. The molecule has 0 rings (SSSR count). The van der Waals surface area contributed by atoms with Crippen LogP contribution in [0.2, 0.25) is 0 Å². The maximum Gasteiger partial charge on any atom is 0.0431 e. The number of hydrogen-bond donors (Lipinski definition) is 1. The van der Waals surface area contributed by atoms with Crippen LogP contribution in [-0.2, 0) is 10.8 Å². The van der Waals surface area contributed by atoms with Crippen molar-refractivity contribution >= 4 is 10.8 Å². The molecule has 1 N–H and O–H groups in total. The van der Waals surface area contributed by atoms with Gasteiger partial charge in [0.1, 0.15) is 0 Å². The molecular weight excluding hydrogens is 124 g/mol. The maximum absolute atomic E-state index is 10.3. The van der Waals surface area contributed by atoms with E-state index in [1.807, 2.05) is 0 Å². The van der Waals surface area contributed by atoms with E-state index in [1.165, 1.54) is 0 Å². The maximum atomic E-state index is 10.3. The quantitative estimate of drug-likeness (QED) is 0.558. The van der Waals surface area contributed by atoms with Crippen molar-refractivity contribution in [3.8, 4) is 0 Å². The number of unbranched alkanes of at least 4 members (excludes halogenated alkanes) is 1. The third kappa shape index (κ3) is 6.11. The van der Waals surface area contributed by atoms with Gasteiger partial charge in [0, 0.05) is 29.4 Å². The molecule has 0 saturated heterocycles. The average Bonchev–Trinajstić information content (AvgIpc) is 1.66. The minimum Gasteiger partial charge on any atom is -0.396 e. The molecule has 0 bridgehead atoms. The third-order valence-corrected chi connectivity index (χ3v) is 1.70. The summed E-state index contributed by atoms with van der Waals surface area (Å²) in [6.07, 6.45) is 3.33. The summed E-state index contributed by atoms with van der Waals surface area (Å²) in [5.41, 5.74) is 0.